The number of furan rings is 1. The van der Waals surface area contributed by atoms with Crippen molar-refractivity contribution in [1.82, 2.24) is 10.0 Å². The summed E-state index contributed by atoms with van der Waals surface area (Å²) in [6.07, 6.45) is 1.82. The largest absolute Gasteiger partial charge is 0.462 e. The molecule has 2 rings (SSSR count). The number of hydroxylamine groups is 2. The number of likely N-dealkylation sites (N-methyl/N-ethyl adjacent to an activating group) is 1. The molecule has 0 bridgehead atoms. The Morgan fingerprint density at radius 3 is 3.12 bits per heavy atom. The third-order valence-electron chi connectivity index (χ3n) is 2.24. The third-order valence-corrected chi connectivity index (χ3v) is 3.15. The molecule has 2 aromatic heterocycles. The maximum atomic E-state index is 11.6. The van der Waals surface area contributed by atoms with Crippen LogP contribution in [0.3, 0.4) is 0 Å². The highest BCUT2D eigenvalue weighted by Gasteiger charge is 2.13. The van der Waals surface area contributed by atoms with E-state index < -0.39 is 0 Å². The van der Waals surface area contributed by atoms with Crippen molar-refractivity contribution in [2.75, 3.05) is 14.2 Å². The van der Waals surface area contributed by atoms with Crippen LogP contribution in [0.15, 0.2) is 28.2 Å². The van der Waals surface area contributed by atoms with Crippen molar-refractivity contribution in [1.29, 1.82) is 0 Å². The molecule has 0 aliphatic carbocycles. The molecule has 90 valence electrons. The minimum Gasteiger partial charge on any atom is -0.462 e. The van der Waals surface area contributed by atoms with Crippen LogP contribution >= 0.6 is 11.3 Å². The Bertz CT molecular complexity index is 493. The summed E-state index contributed by atoms with van der Waals surface area (Å²) in [5, 5.41) is 3.81. The quantitative estimate of drug-likeness (QED) is 0.781. The molecule has 2 aromatic rings. The first-order valence-corrected chi connectivity index (χ1v) is 5.87. The van der Waals surface area contributed by atoms with Gasteiger partial charge in [-0.05, 0) is 12.1 Å². The highest BCUT2D eigenvalue weighted by Crippen LogP contribution is 2.24. The maximum absolute atomic E-state index is 11.6. The van der Waals surface area contributed by atoms with E-state index in [1.807, 2.05) is 11.4 Å². The first-order valence-electron chi connectivity index (χ1n) is 4.99. The van der Waals surface area contributed by atoms with Gasteiger partial charge >= 0.3 is 0 Å². The average molecular weight is 252 g/mol. The van der Waals surface area contributed by atoms with Crippen LogP contribution in [-0.2, 0) is 16.1 Å². The normalized spacial score (nSPS) is 10.5. The first kappa shape index (κ1) is 11.8. The second-order valence-corrected chi connectivity index (χ2v) is 4.23. The van der Waals surface area contributed by atoms with Gasteiger partial charge in [-0.1, -0.05) is 0 Å². The summed E-state index contributed by atoms with van der Waals surface area (Å²) in [6.45, 7) is 0. The molecule has 5 nitrogen and oxygen atoms in total. The number of thiazole rings is 1. The highest BCUT2D eigenvalue weighted by molar-refractivity contribution is 7.13. The van der Waals surface area contributed by atoms with E-state index in [0.29, 0.717) is 5.76 Å². The standard InChI is InChI=1S/C11H12N2O3S/c1-13(15-2)10(14)6-8-7-17-11(12-8)9-4-3-5-16-9/h3-5,7H,6H2,1-2H3. The maximum Gasteiger partial charge on any atom is 0.251 e. The number of aromatic nitrogens is 1. The average Bonchev–Trinajstić information content (AvgIpc) is 2.97. The van der Waals surface area contributed by atoms with Gasteiger partial charge in [0.2, 0.25) is 0 Å². The topological polar surface area (TPSA) is 55.6 Å². The number of amides is 1. The fourth-order valence-electron chi connectivity index (χ4n) is 1.27. The third kappa shape index (κ3) is 2.72. The zero-order valence-electron chi connectivity index (χ0n) is 9.54. The molecule has 0 spiro atoms. The summed E-state index contributed by atoms with van der Waals surface area (Å²) >= 11 is 1.45. The van der Waals surface area contributed by atoms with E-state index >= 15 is 0 Å². The number of nitrogens with zero attached hydrogens (tertiary/aromatic N) is 2. The zero-order valence-corrected chi connectivity index (χ0v) is 10.4. The Hall–Kier alpha value is -1.66. The summed E-state index contributed by atoms with van der Waals surface area (Å²) < 4.78 is 5.23. The molecular formula is C11H12N2O3S. The van der Waals surface area contributed by atoms with Crippen molar-refractivity contribution in [2.24, 2.45) is 0 Å². The molecule has 0 aliphatic heterocycles. The van der Waals surface area contributed by atoms with Gasteiger partial charge in [0.25, 0.3) is 5.91 Å². The lowest BCUT2D eigenvalue weighted by Gasteiger charge is -2.12. The minimum atomic E-state index is -0.135. The molecule has 0 radical (unpaired) electrons. The van der Waals surface area contributed by atoms with E-state index in [1.165, 1.54) is 23.5 Å². The smallest absolute Gasteiger partial charge is 0.251 e. The van der Waals surface area contributed by atoms with Gasteiger partial charge < -0.3 is 4.42 Å². The zero-order chi connectivity index (χ0) is 12.3. The molecule has 0 aliphatic rings. The Morgan fingerprint density at radius 2 is 2.47 bits per heavy atom. The van der Waals surface area contributed by atoms with Gasteiger partial charge in [-0.3, -0.25) is 9.63 Å². The fraction of sp³-hybridized carbons (Fsp3) is 0.273. The van der Waals surface area contributed by atoms with E-state index in [9.17, 15) is 4.79 Å². The van der Waals surface area contributed by atoms with Gasteiger partial charge in [0.15, 0.2) is 10.8 Å². The Balaban J connectivity index is 2.07. The Kier molecular flexibility index (Phi) is 3.55. The Morgan fingerprint density at radius 1 is 1.65 bits per heavy atom. The molecular weight excluding hydrogens is 240 g/mol. The van der Waals surface area contributed by atoms with Crippen LogP contribution in [-0.4, -0.2) is 30.1 Å². The van der Waals surface area contributed by atoms with Crippen LogP contribution in [0.2, 0.25) is 0 Å². The van der Waals surface area contributed by atoms with Crippen LogP contribution < -0.4 is 0 Å². The molecule has 0 saturated carbocycles. The van der Waals surface area contributed by atoms with Crippen molar-refractivity contribution in [3.05, 3.63) is 29.5 Å². The van der Waals surface area contributed by atoms with E-state index in [1.54, 1.807) is 19.4 Å². The van der Waals surface area contributed by atoms with Gasteiger partial charge in [0, 0.05) is 12.4 Å². The second kappa shape index (κ2) is 5.11. The van der Waals surface area contributed by atoms with Gasteiger partial charge in [-0.15, -0.1) is 11.3 Å². The second-order valence-electron chi connectivity index (χ2n) is 3.37. The fourth-order valence-corrected chi connectivity index (χ4v) is 2.06. The van der Waals surface area contributed by atoms with Crippen LogP contribution in [0.4, 0.5) is 0 Å². The van der Waals surface area contributed by atoms with E-state index in [2.05, 4.69) is 4.98 Å². The molecule has 0 saturated heterocycles. The monoisotopic (exact) mass is 252 g/mol. The molecule has 2 heterocycles. The first-order chi connectivity index (χ1) is 8.20. The molecule has 0 atom stereocenters. The summed E-state index contributed by atoms with van der Waals surface area (Å²) in [7, 11) is 3.02. The molecule has 1 amide bonds. The highest BCUT2D eigenvalue weighted by atomic mass is 32.1. The van der Waals surface area contributed by atoms with E-state index in [0.717, 1.165) is 10.7 Å². The van der Waals surface area contributed by atoms with Crippen molar-refractivity contribution in [3.8, 4) is 10.8 Å². The van der Waals surface area contributed by atoms with Crippen molar-refractivity contribution in [2.45, 2.75) is 6.42 Å². The summed E-state index contributed by atoms with van der Waals surface area (Å²) in [6, 6.07) is 3.64. The predicted octanol–water partition coefficient (Wildman–Crippen LogP) is 1.97. The molecule has 17 heavy (non-hydrogen) atoms. The van der Waals surface area contributed by atoms with Crippen LogP contribution in [0, 0.1) is 0 Å². The number of hydrogen-bond donors (Lipinski definition) is 0. The Labute approximate surface area is 103 Å². The van der Waals surface area contributed by atoms with Crippen molar-refractivity contribution < 1.29 is 14.0 Å². The van der Waals surface area contributed by atoms with Crippen molar-refractivity contribution >= 4 is 17.2 Å². The number of carbonyl (C=O) groups excluding carboxylic acids is 1. The molecule has 0 aromatic carbocycles. The molecule has 0 fully saturated rings. The summed E-state index contributed by atoms with van der Waals surface area (Å²) in [5.41, 5.74) is 0.718. The summed E-state index contributed by atoms with van der Waals surface area (Å²) in [5.74, 6) is 0.581. The molecule has 0 N–H and O–H groups in total. The van der Waals surface area contributed by atoms with Crippen LogP contribution in [0.1, 0.15) is 5.69 Å². The molecule has 0 unspecified atom stereocenters. The lowest BCUT2D eigenvalue weighted by molar-refractivity contribution is -0.167. The van der Waals surface area contributed by atoms with Gasteiger partial charge in [-0.2, -0.15) is 0 Å². The number of hydrogen-bond acceptors (Lipinski definition) is 5. The number of rotatable bonds is 4. The lowest BCUT2D eigenvalue weighted by atomic mass is 10.3. The SMILES string of the molecule is CON(C)C(=O)Cc1csc(-c2ccco2)n1. The van der Waals surface area contributed by atoms with Crippen molar-refractivity contribution in [3.63, 3.8) is 0 Å². The van der Waals surface area contributed by atoms with Gasteiger partial charge in [0.1, 0.15) is 0 Å². The van der Waals surface area contributed by atoms with E-state index in [4.69, 9.17) is 9.25 Å². The predicted molar refractivity (Wildman–Crippen MR) is 63.3 cm³/mol. The minimum absolute atomic E-state index is 0.135. The number of carbonyl (C=O) groups is 1. The van der Waals surface area contributed by atoms with E-state index in [-0.39, 0.29) is 12.3 Å². The van der Waals surface area contributed by atoms with Gasteiger partial charge in [0.05, 0.1) is 25.5 Å². The van der Waals surface area contributed by atoms with Crippen LogP contribution in [0.25, 0.3) is 10.8 Å². The van der Waals surface area contributed by atoms with Crippen LogP contribution in [0.5, 0.6) is 0 Å². The summed E-state index contributed by atoms with van der Waals surface area (Å²) in [4.78, 5) is 20.7. The van der Waals surface area contributed by atoms with Gasteiger partial charge in [-0.25, -0.2) is 10.0 Å². The lowest BCUT2D eigenvalue weighted by Crippen LogP contribution is -2.27. The molecule has 6 heteroatoms.